The van der Waals surface area contributed by atoms with E-state index in [2.05, 4.69) is 16.7 Å². The van der Waals surface area contributed by atoms with Gasteiger partial charge in [-0.15, -0.1) is 0 Å². The molecule has 0 atom stereocenters. The van der Waals surface area contributed by atoms with Crippen molar-refractivity contribution >= 4 is 24.3 Å². The summed E-state index contributed by atoms with van der Waals surface area (Å²) in [6.07, 6.45) is 4.51. The van der Waals surface area contributed by atoms with Crippen molar-refractivity contribution in [3.05, 3.63) is 30.7 Å². The van der Waals surface area contributed by atoms with Gasteiger partial charge in [-0.3, -0.25) is 0 Å². The van der Waals surface area contributed by atoms with Gasteiger partial charge in [0.1, 0.15) is 6.33 Å². The molecule has 0 fully saturated rings. The van der Waals surface area contributed by atoms with Crippen LogP contribution in [-0.4, -0.2) is 31.8 Å². The van der Waals surface area contributed by atoms with Gasteiger partial charge in [-0.25, -0.2) is 9.50 Å². The predicted molar refractivity (Wildman–Crippen MR) is 52.9 cm³/mol. The maximum atomic E-state index is 9.00. The molecule has 2 N–H and O–H groups in total. The average molecular weight is 189 g/mol. The van der Waals surface area contributed by atoms with Gasteiger partial charge in [0.25, 0.3) is 0 Å². The number of rotatable bonds is 2. The highest BCUT2D eigenvalue weighted by Gasteiger charge is 2.13. The van der Waals surface area contributed by atoms with E-state index in [1.165, 1.54) is 17.0 Å². The van der Waals surface area contributed by atoms with Crippen LogP contribution in [0.1, 0.15) is 5.56 Å². The highest BCUT2D eigenvalue weighted by molar-refractivity contribution is 6.58. The molecule has 0 amide bonds. The van der Waals surface area contributed by atoms with Crippen molar-refractivity contribution in [1.82, 2.24) is 14.6 Å². The van der Waals surface area contributed by atoms with Gasteiger partial charge < -0.3 is 10.0 Å². The third kappa shape index (κ3) is 1.30. The predicted octanol–water partition coefficient (Wildman–Crippen LogP) is -0.948. The molecule has 0 bridgehead atoms. The first kappa shape index (κ1) is 8.92. The Hall–Kier alpha value is -1.66. The molecule has 14 heavy (non-hydrogen) atoms. The summed E-state index contributed by atoms with van der Waals surface area (Å²) in [5.74, 6) is 0. The molecule has 2 heterocycles. The van der Waals surface area contributed by atoms with E-state index in [1.807, 2.05) is 0 Å². The van der Waals surface area contributed by atoms with Crippen LogP contribution in [0, 0.1) is 0 Å². The van der Waals surface area contributed by atoms with Crippen LogP contribution in [0.15, 0.2) is 25.2 Å². The van der Waals surface area contributed by atoms with Crippen LogP contribution in [0.3, 0.4) is 0 Å². The molecular weight excluding hydrogens is 181 g/mol. The molecule has 0 aliphatic rings. The topological polar surface area (TPSA) is 70.7 Å². The van der Waals surface area contributed by atoms with Crippen LogP contribution >= 0.6 is 0 Å². The minimum absolute atomic E-state index is 0.359. The molecule has 0 aliphatic heterocycles. The Morgan fingerprint density at radius 1 is 1.50 bits per heavy atom. The van der Waals surface area contributed by atoms with Crippen molar-refractivity contribution < 1.29 is 10.0 Å². The van der Waals surface area contributed by atoms with Crippen LogP contribution in [-0.2, 0) is 0 Å². The number of fused-ring (bicyclic) bond motifs is 1. The van der Waals surface area contributed by atoms with E-state index < -0.39 is 7.12 Å². The molecule has 70 valence electrons. The molecule has 2 rings (SSSR count). The summed E-state index contributed by atoms with van der Waals surface area (Å²) in [5.41, 5.74) is 1.72. The first-order valence-corrected chi connectivity index (χ1v) is 4.04. The van der Waals surface area contributed by atoms with Crippen LogP contribution < -0.4 is 5.46 Å². The van der Waals surface area contributed by atoms with E-state index in [1.54, 1.807) is 12.1 Å². The standard InChI is InChI=1S/C8H8BN3O2/c1-2-6-3-7(9(13)14)4-12-8(6)10-5-11-12/h2-5,13-14H,1H2. The quantitative estimate of drug-likeness (QED) is 0.597. The molecule has 2 aromatic rings. The summed E-state index contributed by atoms with van der Waals surface area (Å²) in [5, 5.41) is 21.9. The maximum Gasteiger partial charge on any atom is 0.490 e. The maximum absolute atomic E-state index is 9.00. The lowest BCUT2D eigenvalue weighted by Crippen LogP contribution is -2.31. The summed E-state index contributed by atoms with van der Waals surface area (Å²) >= 11 is 0. The Bertz CT molecular complexity index is 480. The molecule has 0 unspecified atom stereocenters. The van der Waals surface area contributed by atoms with Gasteiger partial charge in [-0.2, -0.15) is 5.10 Å². The number of hydrogen-bond donors (Lipinski definition) is 2. The molecular formula is C8H8BN3O2. The summed E-state index contributed by atoms with van der Waals surface area (Å²) in [7, 11) is -1.51. The molecule has 0 radical (unpaired) electrons. The van der Waals surface area contributed by atoms with E-state index in [9.17, 15) is 0 Å². The van der Waals surface area contributed by atoms with Crippen molar-refractivity contribution in [2.45, 2.75) is 0 Å². The van der Waals surface area contributed by atoms with E-state index >= 15 is 0 Å². The highest BCUT2D eigenvalue weighted by Crippen LogP contribution is 2.06. The fraction of sp³-hybridized carbons (Fsp3) is 0. The van der Waals surface area contributed by atoms with Gasteiger partial charge in [0, 0.05) is 17.2 Å². The molecule has 0 saturated carbocycles. The first-order valence-electron chi connectivity index (χ1n) is 4.04. The second-order valence-electron chi connectivity index (χ2n) is 2.83. The molecule has 0 spiro atoms. The number of nitrogens with zero attached hydrogens (tertiary/aromatic N) is 3. The number of pyridine rings is 1. The third-order valence-corrected chi connectivity index (χ3v) is 1.94. The van der Waals surface area contributed by atoms with Crippen molar-refractivity contribution in [3.8, 4) is 0 Å². The van der Waals surface area contributed by atoms with Crippen LogP contribution in [0.2, 0.25) is 0 Å². The van der Waals surface area contributed by atoms with Crippen molar-refractivity contribution in [1.29, 1.82) is 0 Å². The summed E-state index contributed by atoms with van der Waals surface area (Å²) in [6.45, 7) is 3.62. The summed E-state index contributed by atoms with van der Waals surface area (Å²) in [4.78, 5) is 4.01. The Morgan fingerprint density at radius 3 is 2.93 bits per heavy atom. The van der Waals surface area contributed by atoms with Gasteiger partial charge in [-0.1, -0.05) is 12.7 Å². The van der Waals surface area contributed by atoms with Crippen molar-refractivity contribution in [2.24, 2.45) is 0 Å². The lowest BCUT2D eigenvalue weighted by atomic mass is 9.81. The van der Waals surface area contributed by atoms with Crippen LogP contribution in [0.25, 0.3) is 11.7 Å². The fourth-order valence-electron chi connectivity index (χ4n) is 1.27. The zero-order chi connectivity index (χ0) is 10.1. The zero-order valence-electron chi connectivity index (χ0n) is 7.33. The van der Waals surface area contributed by atoms with Crippen molar-refractivity contribution in [2.75, 3.05) is 0 Å². The largest absolute Gasteiger partial charge is 0.490 e. The third-order valence-electron chi connectivity index (χ3n) is 1.94. The van der Waals surface area contributed by atoms with E-state index in [0.717, 1.165) is 0 Å². The normalized spacial score (nSPS) is 10.4. The van der Waals surface area contributed by atoms with E-state index in [0.29, 0.717) is 16.7 Å². The molecule has 0 saturated heterocycles. The Labute approximate surface area is 80.5 Å². The molecule has 5 nitrogen and oxygen atoms in total. The molecule has 6 heteroatoms. The smallest absolute Gasteiger partial charge is 0.423 e. The van der Waals surface area contributed by atoms with Gasteiger partial charge in [-0.05, 0) is 6.07 Å². The second kappa shape index (κ2) is 3.24. The summed E-state index contributed by atoms with van der Waals surface area (Å²) in [6, 6.07) is 1.61. The minimum Gasteiger partial charge on any atom is -0.423 e. The number of aromatic nitrogens is 3. The second-order valence-corrected chi connectivity index (χ2v) is 2.83. The summed E-state index contributed by atoms with van der Waals surface area (Å²) < 4.78 is 1.48. The van der Waals surface area contributed by atoms with E-state index in [-0.39, 0.29) is 0 Å². The Kier molecular flexibility index (Phi) is 2.07. The average Bonchev–Trinajstić information content (AvgIpc) is 2.63. The van der Waals surface area contributed by atoms with Crippen LogP contribution in [0.5, 0.6) is 0 Å². The fourth-order valence-corrected chi connectivity index (χ4v) is 1.27. The van der Waals surface area contributed by atoms with Gasteiger partial charge >= 0.3 is 7.12 Å². The number of hydrogen-bond acceptors (Lipinski definition) is 4. The molecule has 0 aromatic carbocycles. The molecule has 0 aliphatic carbocycles. The first-order chi connectivity index (χ1) is 6.72. The van der Waals surface area contributed by atoms with Crippen LogP contribution in [0.4, 0.5) is 0 Å². The van der Waals surface area contributed by atoms with E-state index in [4.69, 9.17) is 10.0 Å². The molecule has 2 aromatic heterocycles. The highest BCUT2D eigenvalue weighted by atomic mass is 16.4. The SMILES string of the molecule is C=Cc1cc(B(O)O)cn2ncnc12. The lowest BCUT2D eigenvalue weighted by Gasteiger charge is -2.02. The Balaban J connectivity index is 2.73. The van der Waals surface area contributed by atoms with Gasteiger partial charge in [0.05, 0.1) is 0 Å². The van der Waals surface area contributed by atoms with Gasteiger partial charge in [0.15, 0.2) is 5.65 Å². The van der Waals surface area contributed by atoms with Gasteiger partial charge in [0.2, 0.25) is 0 Å². The monoisotopic (exact) mass is 189 g/mol. The Morgan fingerprint density at radius 2 is 2.29 bits per heavy atom. The zero-order valence-corrected chi connectivity index (χ0v) is 7.33. The lowest BCUT2D eigenvalue weighted by molar-refractivity contribution is 0.425. The van der Waals surface area contributed by atoms with Crippen molar-refractivity contribution in [3.63, 3.8) is 0 Å². The minimum atomic E-state index is -1.51.